The Morgan fingerprint density at radius 2 is 1.94 bits per heavy atom. The minimum Gasteiger partial charge on any atom is -0.488 e. The van der Waals surface area contributed by atoms with Crippen molar-refractivity contribution in [2.45, 2.75) is 6.61 Å². The Hall–Kier alpha value is -1.32. The normalized spacial score (nSPS) is 10.1. The second-order valence-corrected chi connectivity index (χ2v) is 4.95. The maximum atomic E-state index is 11.2. The van der Waals surface area contributed by atoms with Crippen molar-refractivity contribution in [1.82, 2.24) is 0 Å². The molecule has 0 aliphatic rings. The zero-order chi connectivity index (χ0) is 13.0. The molecule has 18 heavy (non-hydrogen) atoms. The molecule has 0 aliphatic heterocycles. The molecule has 0 amide bonds. The van der Waals surface area contributed by atoms with Crippen molar-refractivity contribution < 1.29 is 9.53 Å². The van der Waals surface area contributed by atoms with E-state index in [0.717, 1.165) is 10.0 Å². The van der Waals surface area contributed by atoms with Crippen LogP contribution in [0.3, 0.4) is 0 Å². The number of carbonyl (C=O) groups is 1. The Bertz CT molecular complexity index is 569. The molecule has 0 atom stereocenters. The van der Waals surface area contributed by atoms with Gasteiger partial charge < -0.3 is 4.74 Å². The topological polar surface area (TPSA) is 26.3 Å². The van der Waals surface area contributed by atoms with Crippen molar-refractivity contribution in [2.75, 3.05) is 0 Å². The van der Waals surface area contributed by atoms with Gasteiger partial charge in [-0.1, -0.05) is 40.2 Å². The molecule has 4 heteroatoms. The Morgan fingerprint density at radius 3 is 2.67 bits per heavy atom. The molecule has 2 rings (SSSR count). The summed E-state index contributed by atoms with van der Waals surface area (Å²) in [5.74, 6) is 0.498. The number of halogens is 2. The van der Waals surface area contributed by atoms with Crippen LogP contribution in [0.15, 0.2) is 53.0 Å². The molecule has 0 N–H and O–H groups in total. The van der Waals surface area contributed by atoms with Crippen LogP contribution in [0.5, 0.6) is 5.75 Å². The standard InChI is InChI=1S/C14H10BrClO2/c15-11-5-3-4-10(8-11)9-18-13-7-2-1-6-12(13)14(16)17/h1-8H,9H2. The summed E-state index contributed by atoms with van der Waals surface area (Å²) in [6, 6.07) is 14.7. The van der Waals surface area contributed by atoms with Crippen LogP contribution in [0.2, 0.25) is 0 Å². The van der Waals surface area contributed by atoms with Crippen LogP contribution in [0, 0.1) is 0 Å². The number of hydrogen-bond donors (Lipinski definition) is 0. The molecular weight excluding hydrogens is 316 g/mol. The molecule has 0 radical (unpaired) electrons. The van der Waals surface area contributed by atoms with Crippen molar-refractivity contribution in [2.24, 2.45) is 0 Å². The molecule has 2 aromatic rings. The SMILES string of the molecule is O=C(Cl)c1ccccc1OCc1cccc(Br)c1. The second kappa shape index (κ2) is 6.03. The molecule has 0 aliphatic carbocycles. The first kappa shape index (κ1) is 13.1. The summed E-state index contributed by atoms with van der Waals surface area (Å²) in [5.41, 5.74) is 1.40. The number of carbonyl (C=O) groups excluding carboxylic acids is 1. The number of ether oxygens (including phenoxy) is 1. The first-order valence-corrected chi connectivity index (χ1v) is 6.50. The molecule has 0 unspecified atom stereocenters. The van der Waals surface area contributed by atoms with E-state index in [-0.39, 0.29) is 0 Å². The highest BCUT2D eigenvalue weighted by atomic mass is 79.9. The average molecular weight is 326 g/mol. The van der Waals surface area contributed by atoms with Crippen LogP contribution >= 0.6 is 27.5 Å². The van der Waals surface area contributed by atoms with Gasteiger partial charge >= 0.3 is 0 Å². The first-order valence-electron chi connectivity index (χ1n) is 5.33. The van der Waals surface area contributed by atoms with E-state index in [1.54, 1.807) is 24.3 Å². The molecule has 0 spiro atoms. The number of para-hydroxylation sites is 1. The molecule has 0 saturated heterocycles. The molecule has 0 fully saturated rings. The van der Waals surface area contributed by atoms with Gasteiger partial charge in [0.25, 0.3) is 5.24 Å². The summed E-state index contributed by atoms with van der Waals surface area (Å²) in [6.45, 7) is 0.390. The predicted molar refractivity (Wildman–Crippen MR) is 75.1 cm³/mol. The fraction of sp³-hybridized carbons (Fsp3) is 0.0714. The third-order valence-corrected chi connectivity index (χ3v) is 3.08. The summed E-state index contributed by atoms with van der Waals surface area (Å²) >= 11 is 8.88. The zero-order valence-electron chi connectivity index (χ0n) is 9.40. The summed E-state index contributed by atoms with van der Waals surface area (Å²) < 4.78 is 6.60. The van der Waals surface area contributed by atoms with E-state index >= 15 is 0 Å². The van der Waals surface area contributed by atoms with Crippen LogP contribution < -0.4 is 4.74 Å². The van der Waals surface area contributed by atoms with Gasteiger partial charge in [-0.2, -0.15) is 0 Å². The minimum atomic E-state index is -0.514. The van der Waals surface area contributed by atoms with Crippen LogP contribution in [0.1, 0.15) is 15.9 Å². The molecular formula is C14H10BrClO2. The molecule has 0 heterocycles. The van der Waals surface area contributed by atoms with Gasteiger partial charge in [-0.25, -0.2) is 0 Å². The van der Waals surface area contributed by atoms with E-state index in [1.165, 1.54) is 0 Å². The lowest BCUT2D eigenvalue weighted by atomic mass is 10.2. The van der Waals surface area contributed by atoms with E-state index in [0.29, 0.717) is 17.9 Å². The van der Waals surface area contributed by atoms with Crippen molar-refractivity contribution in [3.05, 3.63) is 64.1 Å². The van der Waals surface area contributed by atoms with Crippen molar-refractivity contribution in [3.63, 3.8) is 0 Å². The van der Waals surface area contributed by atoms with Gasteiger partial charge in [0.05, 0.1) is 5.56 Å². The third kappa shape index (κ3) is 3.34. The Balaban J connectivity index is 2.13. The zero-order valence-corrected chi connectivity index (χ0v) is 11.7. The highest BCUT2D eigenvalue weighted by Gasteiger charge is 2.09. The van der Waals surface area contributed by atoms with Crippen LogP contribution in [-0.4, -0.2) is 5.24 Å². The van der Waals surface area contributed by atoms with Gasteiger partial charge in [-0.15, -0.1) is 0 Å². The summed E-state index contributed by atoms with van der Waals surface area (Å²) in [6.07, 6.45) is 0. The first-order chi connectivity index (χ1) is 8.66. The van der Waals surface area contributed by atoms with Gasteiger partial charge in [0.2, 0.25) is 0 Å². The minimum absolute atomic E-state index is 0.383. The van der Waals surface area contributed by atoms with Gasteiger partial charge in [-0.05, 0) is 41.4 Å². The maximum Gasteiger partial charge on any atom is 0.256 e. The monoisotopic (exact) mass is 324 g/mol. The number of benzene rings is 2. The molecule has 92 valence electrons. The molecule has 2 nitrogen and oxygen atoms in total. The van der Waals surface area contributed by atoms with E-state index in [4.69, 9.17) is 16.3 Å². The second-order valence-electron chi connectivity index (χ2n) is 3.69. The van der Waals surface area contributed by atoms with E-state index in [2.05, 4.69) is 15.9 Å². The van der Waals surface area contributed by atoms with Crippen molar-refractivity contribution in [1.29, 1.82) is 0 Å². The molecule has 0 aromatic heterocycles. The fourth-order valence-electron chi connectivity index (χ4n) is 1.54. The average Bonchev–Trinajstić information content (AvgIpc) is 2.37. The Kier molecular flexibility index (Phi) is 4.39. The van der Waals surface area contributed by atoms with Gasteiger partial charge in [0.15, 0.2) is 0 Å². The highest BCUT2D eigenvalue weighted by molar-refractivity contribution is 9.10. The quantitative estimate of drug-likeness (QED) is 0.778. The number of hydrogen-bond acceptors (Lipinski definition) is 2. The fourth-order valence-corrected chi connectivity index (χ4v) is 2.15. The largest absolute Gasteiger partial charge is 0.488 e. The molecule has 0 saturated carbocycles. The van der Waals surface area contributed by atoms with E-state index in [1.807, 2.05) is 24.3 Å². The third-order valence-electron chi connectivity index (χ3n) is 2.38. The summed E-state index contributed by atoms with van der Waals surface area (Å²) in [4.78, 5) is 11.2. The Morgan fingerprint density at radius 1 is 1.17 bits per heavy atom. The Labute approximate surface area is 119 Å². The van der Waals surface area contributed by atoms with Gasteiger partial charge in [-0.3, -0.25) is 4.79 Å². The van der Waals surface area contributed by atoms with Crippen LogP contribution in [0.4, 0.5) is 0 Å². The van der Waals surface area contributed by atoms with Gasteiger partial charge in [0, 0.05) is 4.47 Å². The summed E-state index contributed by atoms with van der Waals surface area (Å²) in [7, 11) is 0. The smallest absolute Gasteiger partial charge is 0.256 e. The lowest BCUT2D eigenvalue weighted by molar-refractivity contribution is 0.107. The summed E-state index contributed by atoms with van der Waals surface area (Å²) in [5, 5.41) is -0.514. The molecule has 0 bridgehead atoms. The van der Waals surface area contributed by atoms with Gasteiger partial charge in [0.1, 0.15) is 12.4 Å². The van der Waals surface area contributed by atoms with E-state index < -0.39 is 5.24 Å². The number of rotatable bonds is 4. The molecule has 2 aromatic carbocycles. The maximum absolute atomic E-state index is 11.2. The predicted octanol–water partition coefficient (Wildman–Crippen LogP) is 4.41. The van der Waals surface area contributed by atoms with E-state index in [9.17, 15) is 4.79 Å². The van der Waals surface area contributed by atoms with Crippen LogP contribution in [-0.2, 0) is 6.61 Å². The van der Waals surface area contributed by atoms with Crippen LogP contribution in [0.25, 0.3) is 0 Å². The lowest BCUT2D eigenvalue weighted by Gasteiger charge is -2.09. The van der Waals surface area contributed by atoms with Crippen molar-refractivity contribution in [3.8, 4) is 5.75 Å². The highest BCUT2D eigenvalue weighted by Crippen LogP contribution is 2.21. The lowest BCUT2D eigenvalue weighted by Crippen LogP contribution is -2.00. The van der Waals surface area contributed by atoms with Crippen molar-refractivity contribution >= 4 is 32.8 Å².